The third-order valence-electron chi connectivity index (χ3n) is 11.8. The lowest BCUT2D eigenvalue weighted by atomic mass is 9.74. The molecule has 3 saturated heterocycles. The van der Waals surface area contributed by atoms with Crippen molar-refractivity contribution in [2.45, 2.75) is 179 Å². The molecule has 18 atom stereocenters. The van der Waals surface area contributed by atoms with Crippen LogP contribution in [-0.2, 0) is 38.0 Å². The van der Waals surface area contributed by atoms with Crippen LogP contribution >= 0.6 is 0 Å². The van der Waals surface area contributed by atoms with Crippen LogP contribution < -0.4 is 0 Å². The molecule has 14 heteroatoms. The van der Waals surface area contributed by atoms with Crippen LogP contribution in [0.25, 0.3) is 0 Å². The highest BCUT2D eigenvalue weighted by Crippen LogP contribution is 2.40. The largest absolute Gasteiger partial charge is 0.459 e. The number of aliphatic hydroxyl groups excluding tert-OH is 3. The number of methoxy groups -OCH3 is 1. The van der Waals surface area contributed by atoms with Gasteiger partial charge in [-0.2, -0.15) is 0 Å². The molecule has 0 aliphatic carbocycles. The quantitative estimate of drug-likeness (QED) is 0.238. The average molecular weight is 734 g/mol. The van der Waals surface area contributed by atoms with Crippen molar-refractivity contribution >= 4 is 11.8 Å². The van der Waals surface area contributed by atoms with E-state index in [4.69, 9.17) is 28.4 Å². The molecule has 3 aliphatic heterocycles. The van der Waals surface area contributed by atoms with Gasteiger partial charge in [-0.05, 0) is 74.9 Å². The SMILES string of the molecule is CC[C@@H]1OC(=O)[C@@H](C)[C@H](O[C@H]2C[C@@](C)(OC)[C@@H](O)[C@H](C)O2)[C@H](C)[C@H](O[C@H]2O[C@@H](C)C[C@@H](N(C)C)[C@@H]2O)[C@@](C)(O)C[C@H](C)C(=O)[C@@H](C)[C@H](O)[C@@]1(C)O. The first-order chi connectivity index (χ1) is 23.4. The molecule has 51 heavy (non-hydrogen) atoms. The van der Waals surface area contributed by atoms with E-state index in [9.17, 15) is 35.1 Å². The fraction of sp³-hybridized carbons (Fsp3) is 0.946. The first kappa shape index (κ1) is 44.1. The van der Waals surface area contributed by atoms with Gasteiger partial charge in [-0.1, -0.05) is 27.7 Å². The number of rotatable bonds is 7. The van der Waals surface area contributed by atoms with E-state index in [1.165, 1.54) is 27.9 Å². The highest BCUT2D eigenvalue weighted by atomic mass is 16.7. The van der Waals surface area contributed by atoms with Gasteiger partial charge in [0, 0.05) is 37.3 Å². The van der Waals surface area contributed by atoms with Crippen LogP contribution in [0.4, 0.5) is 0 Å². The summed E-state index contributed by atoms with van der Waals surface area (Å²) < 4.78 is 37.1. The Bertz CT molecular complexity index is 1170. The third-order valence-corrected chi connectivity index (χ3v) is 11.8. The zero-order valence-electron chi connectivity index (χ0n) is 32.9. The second-order valence-electron chi connectivity index (χ2n) is 16.5. The summed E-state index contributed by atoms with van der Waals surface area (Å²) in [4.78, 5) is 29.8. The number of nitrogens with zero attached hydrogens (tertiary/aromatic N) is 1. The van der Waals surface area contributed by atoms with Crippen LogP contribution in [0.3, 0.4) is 0 Å². The van der Waals surface area contributed by atoms with Crippen LogP contribution in [0, 0.1) is 23.7 Å². The number of aliphatic hydroxyl groups is 5. The molecule has 3 rings (SSSR count). The Morgan fingerprint density at radius 3 is 2.04 bits per heavy atom. The van der Waals surface area contributed by atoms with Gasteiger partial charge in [0.15, 0.2) is 12.6 Å². The van der Waals surface area contributed by atoms with Crippen LogP contribution in [-0.4, -0.2) is 148 Å². The summed E-state index contributed by atoms with van der Waals surface area (Å²) in [6.45, 7) is 16.3. The Hall–Kier alpha value is -1.30. The predicted molar refractivity (Wildman–Crippen MR) is 186 cm³/mol. The topological polar surface area (TPSA) is 194 Å². The first-order valence-corrected chi connectivity index (χ1v) is 18.5. The molecule has 0 saturated carbocycles. The molecule has 5 N–H and O–H groups in total. The number of Topliss-reactive ketones (excluding diaryl/α,β-unsaturated/α-hetero) is 1. The van der Waals surface area contributed by atoms with Gasteiger partial charge in [0.2, 0.25) is 0 Å². The number of carbonyl (C=O) groups excluding carboxylic acids is 2. The van der Waals surface area contributed by atoms with Gasteiger partial charge in [0.25, 0.3) is 0 Å². The fourth-order valence-corrected chi connectivity index (χ4v) is 8.41. The summed E-state index contributed by atoms with van der Waals surface area (Å²) in [5, 5.41) is 57.6. The van der Waals surface area contributed by atoms with Crippen molar-refractivity contribution in [3.63, 3.8) is 0 Å². The number of hydrogen-bond donors (Lipinski definition) is 5. The molecule has 0 aromatic carbocycles. The number of ether oxygens (including phenoxy) is 6. The monoisotopic (exact) mass is 733 g/mol. The molecule has 3 aliphatic rings. The van der Waals surface area contributed by atoms with E-state index in [0.29, 0.717) is 6.42 Å². The molecule has 0 spiro atoms. The van der Waals surface area contributed by atoms with Gasteiger partial charge < -0.3 is 58.9 Å². The molecule has 0 aromatic rings. The Kier molecular flexibility index (Phi) is 14.7. The highest BCUT2D eigenvalue weighted by Gasteiger charge is 2.53. The summed E-state index contributed by atoms with van der Waals surface area (Å²) in [6.07, 6.45) is -9.71. The van der Waals surface area contributed by atoms with E-state index in [0.717, 1.165) is 0 Å². The minimum absolute atomic E-state index is 0.0936. The van der Waals surface area contributed by atoms with Crippen molar-refractivity contribution in [3.05, 3.63) is 0 Å². The summed E-state index contributed by atoms with van der Waals surface area (Å²) in [5.74, 6) is -4.98. The van der Waals surface area contributed by atoms with Gasteiger partial charge in [-0.25, -0.2) is 0 Å². The minimum atomic E-state index is -1.99. The third kappa shape index (κ3) is 9.51. The van der Waals surface area contributed by atoms with Crippen molar-refractivity contribution in [1.82, 2.24) is 4.90 Å². The lowest BCUT2D eigenvalue weighted by Gasteiger charge is -2.49. The molecule has 0 aromatic heterocycles. The second-order valence-corrected chi connectivity index (χ2v) is 16.5. The van der Waals surface area contributed by atoms with E-state index >= 15 is 0 Å². The normalized spacial score (nSPS) is 49.7. The number of cyclic esters (lactones) is 1. The van der Waals surface area contributed by atoms with Crippen molar-refractivity contribution in [3.8, 4) is 0 Å². The molecular formula is C37H67NO13. The second kappa shape index (κ2) is 17.0. The number of likely N-dealkylation sites (N-methyl/N-ethyl adjacent to an activating group) is 1. The molecule has 3 heterocycles. The number of esters is 1. The van der Waals surface area contributed by atoms with E-state index in [-0.39, 0.29) is 31.4 Å². The standard InChI is InChI=1S/C37H67NO13/c1-14-25-37(10,45)30(41)20(4)27(39)18(2)16-35(8,44)32(51-34-28(40)24(38(11)12)15-19(3)47-34)21(5)29(22(6)33(43)49-25)50-26-17-36(9,46-13)31(42)23(7)48-26/h18-26,28-32,34,40-42,44-45H,14-17H2,1-13H3/t18-,19-,20+,21-,22-,23-,24+,25-,26-,28-,29+,30-,31-,32-,34+,35-,36+,37-/m0/s1. The highest BCUT2D eigenvalue weighted by molar-refractivity contribution is 5.83. The summed E-state index contributed by atoms with van der Waals surface area (Å²) in [5.41, 5.74) is -4.84. The summed E-state index contributed by atoms with van der Waals surface area (Å²) >= 11 is 0. The molecule has 0 bridgehead atoms. The molecule has 0 radical (unpaired) electrons. The summed E-state index contributed by atoms with van der Waals surface area (Å²) in [7, 11) is 5.18. The van der Waals surface area contributed by atoms with Crippen molar-refractivity contribution < 1.29 is 63.5 Å². The molecule has 0 unspecified atom stereocenters. The average Bonchev–Trinajstić information content (AvgIpc) is 3.05. The van der Waals surface area contributed by atoms with Gasteiger partial charge >= 0.3 is 5.97 Å². The van der Waals surface area contributed by atoms with Crippen LogP contribution in [0.1, 0.15) is 94.9 Å². The van der Waals surface area contributed by atoms with E-state index < -0.39 is 108 Å². The Morgan fingerprint density at radius 2 is 1.49 bits per heavy atom. The molecule has 298 valence electrons. The minimum Gasteiger partial charge on any atom is -0.459 e. The van der Waals surface area contributed by atoms with Gasteiger partial charge in [-0.3, -0.25) is 9.59 Å². The molecule has 0 amide bonds. The Labute approximate surface area is 304 Å². The van der Waals surface area contributed by atoms with Crippen molar-refractivity contribution in [1.29, 1.82) is 0 Å². The van der Waals surface area contributed by atoms with Crippen LogP contribution in [0.2, 0.25) is 0 Å². The maximum Gasteiger partial charge on any atom is 0.311 e. The van der Waals surface area contributed by atoms with Gasteiger partial charge in [0.05, 0.1) is 47.6 Å². The zero-order chi connectivity index (χ0) is 39.0. The molecular weight excluding hydrogens is 666 g/mol. The first-order valence-electron chi connectivity index (χ1n) is 18.5. The Morgan fingerprint density at radius 1 is 0.882 bits per heavy atom. The zero-order valence-corrected chi connectivity index (χ0v) is 32.9. The van der Waals surface area contributed by atoms with E-state index in [1.54, 1.807) is 41.5 Å². The smallest absolute Gasteiger partial charge is 0.311 e. The number of hydrogen-bond acceptors (Lipinski definition) is 14. The van der Waals surface area contributed by atoms with Gasteiger partial charge in [-0.15, -0.1) is 0 Å². The maximum absolute atomic E-state index is 14.1. The lowest BCUT2D eigenvalue weighted by Crippen LogP contribution is -2.61. The molecule has 3 fully saturated rings. The summed E-state index contributed by atoms with van der Waals surface area (Å²) in [6, 6.07) is -0.324. The molecule has 14 nitrogen and oxygen atoms in total. The lowest BCUT2D eigenvalue weighted by molar-refractivity contribution is -0.318. The van der Waals surface area contributed by atoms with Crippen LogP contribution in [0.5, 0.6) is 0 Å². The van der Waals surface area contributed by atoms with Gasteiger partial charge in [0.1, 0.15) is 29.7 Å². The van der Waals surface area contributed by atoms with E-state index in [2.05, 4.69) is 0 Å². The number of ketones is 1. The van der Waals surface area contributed by atoms with Crippen LogP contribution in [0.15, 0.2) is 0 Å². The fourth-order valence-electron chi connectivity index (χ4n) is 8.41. The van der Waals surface area contributed by atoms with Crippen molar-refractivity contribution in [2.75, 3.05) is 21.2 Å². The number of carbonyl (C=O) groups is 2. The predicted octanol–water partition coefficient (Wildman–Crippen LogP) is 1.79. The van der Waals surface area contributed by atoms with E-state index in [1.807, 2.05) is 25.9 Å². The Balaban J connectivity index is 2.18. The maximum atomic E-state index is 14.1. The van der Waals surface area contributed by atoms with Crippen molar-refractivity contribution in [2.24, 2.45) is 23.7 Å².